The van der Waals surface area contributed by atoms with Crippen molar-refractivity contribution in [3.05, 3.63) is 76.0 Å². The van der Waals surface area contributed by atoms with Crippen LogP contribution in [0.1, 0.15) is 29.2 Å². The molecule has 1 saturated carbocycles. The van der Waals surface area contributed by atoms with Gasteiger partial charge < -0.3 is 5.32 Å². The molecule has 1 amide bonds. The molecule has 0 atom stereocenters. The minimum Gasteiger partial charge on any atom is -0.350 e. The summed E-state index contributed by atoms with van der Waals surface area (Å²) in [6.45, 7) is 0.171. The van der Waals surface area contributed by atoms with Crippen LogP contribution in [-0.2, 0) is 6.54 Å². The van der Waals surface area contributed by atoms with Crippen molar-refractivity contribution in [1.29, 1.82) is 0 Å². The molecule has 1 aliphatic rings. The summed E-state index contributed by atoms with van der Waals surface area (Å²) in [5.41, 5.74) is 0.292. The van der Waals surface area contributed by atoms with E-state index in [1.807, 2.05) is 0 Å². The molecule has 6 nitrogen and oxygen atoms in total. The standard InChI is InChI=1S/C20H17F3N4O2/c21-14-4-1-12(2-5-14)18-25-26(20(29)27(18)15-6-7-15)10-9-24-19(28)13-3-8-16(22)17(23)11-13/h1-5,8,11,15H,6-7,9-10H2,(H,24,28). The third-order valence-electron chi connectivity index (χ3n) is 4.68. The fourth-order valence-electron chi connectivity index (χ4n) is 3.04. The van der Waals surface area contributed by atoms with Crippen molar-refractivity contribution in [2.75, 3.05) is 6.54 Å². The molecule has 4 rings (SSSR count). The Bertz CT molecular complexity index is 1120. The second-order valence-corrected chi connectivity index (χ2v) is 6.82. The molecule has 0 bridgehead atoms. The summed E-state index contributed by atoms with van der Waals surface area (Å²) in [6, 6.07) is 8.65. The molecule has 150 valence electrons. The van der Waals surface area contributed by atoms with Gasteiger partial charge in [-0.3, -0.25) is 9.36 Å². The van der Waals surface area contributed by atoms with E-state index in [9.17, 15) is 22.8 Å². The van der Waals surface area contributed by atoms with E-state index in [0.717, 1.165) is 25.0 Å². The summed E-state index contributed by atoms with van der Waals surface area (Å²) in [4.78, 5) is 24.8. The average molecular weight is 402 g/mol. The van der Waals surface area contributed by atoms with Crippen LogP contribution in [0.5, 0.6) is 0 Å². The molecule has 0 unspecified atom stereocenters. The number of benzene rings is 2. The monoisotopic (exact) mass is 402 g/mol. The van der Waals surface area contributed by atoms with E-state index in [1.54, 1.807) is 16.7 Å². The Balaban J connectivity index is 1.49. The van der Waals surface area contributed by atoms with Crippen LogP contribution >= 0.6 is 0 Å². The second-order valence-electron chi connectivity index (χ2n) is 6.82. The quantitative estimate of drug-likeness (QED) is 0.689. The zero-order valence-electron chi connectivity index (χ0n) is 15.2. The first-order chi connectivity index (χ1) is 13.9. The van der Waals surface area contributed by atoms with E-state index in [0.29, 0.717) is 11.4 Å². The van der Waals surface area contributed by atoms with E-state index in [-0.39, 0.29) is 36.2 Å². The Hall–Kier alpha value is -3.36. The highest BCUT2D eigenvalue weighted by molar-refractivity contribution is 5.94. The number of aromatic nitrogens is 3. The van der Waals surface area contributed by atoms with Gasteiger partial charge in [-0.05, 0) is 55.3 Å². The van der Waals surface area contributed by atoms with Crippen molar-refractivity contribution in [2.24, 2.45) is 0 Å². The molecule has 0 saturated heterocycles. The molecule has 1 heterocycles. The fraction of sp³-hybridized carbons (Fsp3) is 0.250. The number of amides is 1. The SMILES string of the molecule is O=C(NCCn1nc(-c2ccc(F)cc2)n(C2CC2)c1=O)c1ccc(F)c(F)c1. The molecular formula is C20H17F3N4O2. The van der Waals surface area contributed by atoms with Gasteiger partial charge in [-0.1, -0.05) is 0 Å². The Morgan fingerprint density at radius 2 is 1.79 bits per heavy atom. The van der Waals surface area contributed by atoms with Gasteiger partial charge in [0.15, 0.2) is 17.5 Å². The van der Waals surface area contributed by atoms with Gasteiger partial charge in [-0.2, -0.15) is 0 Å². The van der Waals surface area contributed by atoms with Crippen molar-refractivity contribution >= 4 is 5.91 Å². The highest BCUT2D eigenvalue weighted by Gasteiger charge is 2.30. The molecule has 1 aromatic heterocycles. The van der Waals surface area contributed by atoms with E-state index in [4.69, 9.17) is 0 Å². The van der Waals surface area contributed by atoms with Crippen LogP contribution in [0.25, 0.3) is 11.4 Å². The van der Waals surface area contributed by atoms with Crippen molar-refractivity contribution in [3.63, 3.8) is 0 Å². The smallest absolute Gasteiger partial charge is 0.346 e. The Morgan fingerprint density at radius 1 is 1.07 bits per heavy atom. The van der Waals surface area contributed by atoms with Crippen molar-refractivity contribution < 1.29 is 18.0 Å². The van der Waals surface area contributed by atoms with Crippen LogP contribution in [-0.4, -0.2) is 26.8 Å². The number of hydrogen-bond donors (Lipinski definition) is 1. The number of carbonyl (C=O) groups excluding carboxylic acids is 1. The summed E-state index contributed by atoms with van der Waals surface area (Å²) in [6.07, 6.45) is 1.74. The summed E-state index contributed by atoms with van der Waals surface area (Å²) in [5.74, 6) is -2.66. The van der Waals surface area contributed by atoms with Crippen LogP contribution in [0.4, 0.5) is 13.2 Å². The Kier molecular flexibility index (Phi) is 4.96. The number of nitrogens with zero attached hydrogens (tertiary/aromatic N) is 3. The number of carbonyl (C=O) groups is 1. The summed E-state index contributed by atoms with van der Waals surface area (Å²) in [5, 5.41) is 6.91. The normalized spacial score (nSPS) is 13.5. The maximum absolute atomic E-state index is 13.3. The molecule has 1 N–H and O–H groups in total. The third kappa shape index (κ3) is 3.94. The number of rotatable bonds is 6. The summed E-state index contributed by atoms with van der Waals surface area (Å²) in [7, 11) is 0. The van der Waals surface area contributed by atoms with Crippen molar-refractivity contribution in [2.45, 2.75) is 25.4 Å². The lowest BCUT2D eigenvalue weighted by Crippen LogP contribution is -2.32. The van der Waals surface area contributed by atoms with E-state index >= 15 is 0 Å². The van der Waals surface area contributed by atoms with E-state index in [2.05, 4.69) is 10.4 Å². The first-order valence-corrected chi connectivity index (χ1v) is 9.12. The van der Waals surface area contributed by atoms with E-state index < -0.39 is 17.5 Å². The van der Waals surface area contributed by atoms with Crippen LogP contribution in [0.15, 0.2) is 47.3 Å². The molecule has 9 heteroatoms. The predicted octanol–water partition coefficient (Wildman–Crippen LogP) is 2.89. The lowest BCUT2D eigenvalue weighted by molar-refractivity contribution is 0.0951. The molecule has 0 aliphatic heterocycles. The van der Waals surface area contributed by atoms with E-state index in [1.165, 1.54) is 22.9 Å². The van der Waals surface area contributed by atoms with Crippen LogP contribution in [0.2, 0.25) is 0 Å². The van der Waals surface area contributed by atoms with Gasteiger partial charge in [0, 0.05) is 23.7 Å². The van der Waals surface area contributed by atoms with Crippen molar-refractivity contribution in [1.82, 2.24) is 19.7 Å². The third-order valence-corrected chi connectivity index (χ3v) is 4.68. The number of nitrogens with one attached hydrogen (secondary N) is 1. The predicted molar refractivity (Wildman–Crippen MR) is 98.8 cm³/mol. The molecule has 0 spiro atoms. The second kappa shape index (κ2) is 7.57. The largest absolute Gasteiger partial charge is 0.350 e. The summed E-state index contributed by atoms with van der Waals surface area (Å²) >= 11 is 0. The lowest BCUT2D eigenvalue weighted by Gasteiger charge is -2.05. The van der Waals surface area contributed by atoms with Crippen LogP contribution < -0.4 is 11.0 Å². The molecule has 29 heavy (non-hydrogen) atoms. The molecule has 1 fully saturated rings. The van der Waals surface area contributed by atoms with Crippen molar-refractivity contribution in [3.8, 4) is 11.4 Å². The fourth-order valence-corrected chi connectivity index (χ4v) is 3.04. The lowest BCUT2D eigenvalue weighted by atomic mass is 10.2. The van der Waals surface area contributed by atoms with Crippen LogP contribution in [0, 0.1) is 17.5 Å². The molecule has 3 aromatic rings. The van der Waals surface area contributed by atoms with Gasteiger partial charge in [-0.15, -0.1) is 5.10 Å². The minimum atomic E-state index is -1.11. The average Bonchev–Trinajstić information content (AvgIpc) is 3.49. The highest BCUT2D eigenvalue weighted by Crippen LogP contribution is 2.36. The zero-order valence-corrected chi connectivity index (χ0v) is 15.2. The number of halogens is 3. The molecule has 0 radical (unpaired) electrons. The van der Waals surface area contributed by atoms with Gasteiger partial charge in [0.1, 0.15) is 5.82 Å². The van der Waals surface area contributed by atoms with Crippen LogP contribution in [0.3, 0.4) is 0 Å². The maximum atomic E-state index is 13.3. The molecule has 2 aromatic carbocycles. The molecular weight excluding hydrogens is 385 g/mol. The van der Waals surface area contributed by atoms with Gasteiger partial charge in [0.05, 0.1) is 6.54 Å². The first-order valence-electron chi connectivity index (χ1n) is 9.12. The van der Waals surface area contributed by atoms with Gasteiger partial charge >= 0.3 is 5.69 Å². The minimum absolute atomic E-state index is 0.0215. The molecule has 1 aliphatic carbocycles. The highest BCUT2D eigenvalue weighted by atomic mass is 19.2. The van der Waals surface area contributed by atoms with Gasteiger partial charge in [0.25, 0.3) is 5.91 Å². The number of hydrogen-bond acceptors (Lipinski definition) is 3. The first kappa shape index (κ1) is 19.0. The Morgan fingerprint density at radius 3 is 2.45 bits per heavy atom. The summed E-state index contributed by atoms with van der Waals surface area (Å²) < 4.78 is 42.3. The maximum Gasteiger partial charge on any atom is 0.346 e. The van der Waals surface area contributed by atoms with Gasteiger partial charge in [0.2, 0.25) is 0 Å². The Labute approximate surface area is 163 Å². The van der Waals surface area contributed by atoms with Gasteiger partial charge in [-0.25, -0.2) is 22.6 Å². The topological polar surface area (TPSA) is 68.9 Å². The zero-order chi connectivity index (χ0) is 20.5.